The number of benzene rings is 7. The largest absolute Gasteiger partial charge is 0.308 e. The monoisotopic (exact) mass is 720 g/mol. The zero-order chi connectivity index (χ0) is 36.0. The average molecular weight is 721 g/mol. The lowest BCUT2D eigenvalue weighted by atomic mass is 9.79. The quantitative estimate of drug-likeness (QED) is 0.173. The Hall–Kier alpha value is -6.29. The van der Waals surface area contributed by atoms with Crippen molar-refractivity contribution in [2.75, 3.05) is 0 Å². The first-order valence-corrected chi connectivity index (χ1v) is 20.4. The van der Waals surface area contributed by atoms with E-state index in [1.165, 1.54) is 104 Å². The summed E-state index contributed by atoms with van der Waals surface area (Å²) in [4.78, 5) is 5.55. The summed E-state index contributed by atoms with van der Waals surface area (Å²) in [7, 11) is 0. The number of aliphatic imine (C=N–C) groups is 1. The molecule has 260 valence electrons. The van der Waals surface area contributed by atoms with Crippen LogP contribution in [0.5, 0.6) is 0 Å². The molecule has 55 heavy (non-hydrogen) atoms. The minimum absolute atomic E-state index is 0.197. The Balaban J connectivity index is 1.17. The lowest BCUT2D eigenvalue weighted by Crippen LogP contribution is -2.07. The molecule has 0 saturated heterocycles. The summed E-state index contributed by atoms with van der Waals surface area (Å²) >= 11 is 1.84. The molecular formula is C52H36N2S. The number of hydrogen-bond acceptors (Lipinski definition) is 2. The van der Waals surface area contributed by atoms with Crippen LogP contribution in [0, 0.1) is 0 Å². The van der Waals surface area contributed by atoms with Gasteiger partial charge in [0.25, 0.3) is 0 Å². The Labute approximate surface area is 323 Å². The van der Waals surface area contributed by atoms with Crippen LogP contribution in [-0.4, -0.2) is 10.1 Å². The van der Waals surface area contributed by atoms with Gasteiger partial charge in [-0.05, 0) is 94.5 Å². The molecule has 2 aliphatic rings. The van der Waals surface area contributed by atoms with E-state index in [4.69, 9.17) is 4.99 Å². The minimum Gasteiger partial charge on any atom is -0.308 e. The van der Waals surface area contributed by atoms with Crippen molar-refractivity contribution in [2.45, 2.75) is 31.6 Å². The first-order valence-electron chi connectivity index (χ1n) is 19.5. The van der Waals surface area contributed by atoms with Crippen LogP contribution >= 0.6 is 11.3 Å². The molecule has 0 amide bonds. The molecule has 0 spiro atoms. The highest BCUT2D eigenvalue weighted by Crippen LogP contribution is 2.55. The number of para-hydroxylation sites is 1. The molecule has 2 nitrogen and oxygen atoms in total. The predicted molar refractivity (Wildman–Crippen MR) is 235 cm³/mol. The van der Waals surface area contributed by atoms with Crippen LogP contribution in [0.25, 0.3) is 76.0 Å². The smallest absolute Gasteiger partial charge is 0.125 e. The Kier molecular flexibility index (Phi) is 6.85. The van der Waals surface area contributed by atoms with Crippen molar-refractivity contribution in [1.82, 2.24) is 4.40 Å². The highest BCUT2D eigenvalue weighted by Gasteiger charge is 2.33. The summed E-state index contributed by atoms with van der Waals surface area (Å²) in [6, 6.07) is 58.6. The maximum Gasteiger partial charge on any atom is 0.125 e. The molecule has 7 aromatic carbocycles. The molecule has 0 fully saturated rings. The molecule has 12 rings (SSSR count). The highest BCUT2D eigenvalue weighted by molar-refractivity contribution is 7.23. The fourth-order valence-corrected chi connectivity index (χ4v) is 11.0. The van der Waals surface area contributed by atoms with Crippen LogP contribution < -0.4 is 0 Å². The minimum atomic E-state index is 0.197. The van der Waals surface area contributed by atoms with Crippen molar-refractivity contribution in [2.24, 2.45) is 4.99 Å². The normalized spacial score (nSPS) is 17.6. The van der Waals surface area contributed by atoms with E-state index < -0.39 is 0 Å². The maximum absolute atomic E-state index is 5.55. The van der Waals surface area contributed by atoms with E-state index in [1.807, 2.05) is 11.3 Å². The molecule has 0 bridgehead atoms. The standard InChI is InChI=1S/C52H36N2S/c1-3-14-32(15-4-1)35-27-29-38-43-31-42-37(39-22-13-23-44(34-17-5-2-6-18-34)53-52-49(39)41-21-10-12-25-47(41)55-52)28-26-33-16-7-8-19-36(33)48(42)50-40-20-9-11-24-45(40)54(51(43)50)46(38)30-35/h1-12,14-22,24-25,27,29-31,37H,13,23,26,28H2/b39-22-,53-44+. The van der Waals surface area contributed by atoms with Gasteiger partial charge < -0.3 is 4.40 Å². The SMILES string of the molecule is C1=C(/C2CCc3ccccc3-c3c2cc2c4ccc(-c5ccccc5)cc4n4c5ccccc5c3c24)c2c(sc3ccccc23)/N=C(/c2ccccc2)CC/1. The van der Waals surface area contributed by atoms with E-state index in [-0.39, 0.29) is 5.92 Å². The first-order chi connectivity index (χ1) is 27.3. The molecule has 4 heterocycles. The van der Waals surface area contributed by atoms with Gasteiger partial charge in [0.05, 0.1) is 16.6 Å². The molecule has 1 unspecified atom stereocenters. The van der Waals surface area contributed by atoms with E-state index in [2.05, 4.69) is 168 Å². The average Bonchev–Trinajstić information content (AvgIpc) is 3.84. The Morgan fingerprint density at radius 2 is 1.31 bits per heavy atom. The van der Waals surface area contributed by atoms with Gasteiger partial charge in [-0.3, -0.25) is 0 Å². The number of hydrogen-bond donors (Lipinski definition) is 0. The van der Waals surface area contributed by atoms with Crippen molar-refractivity contribution >= 4 is 75.8 Å². The molecule has 0 N–H and O–H groups in total. The van der Waals surface area contributed by atoms with Gasteiger partial charge in [-0.15, -0.1) is 11.3 Å². The summed E-state index contributed by atoms with van der Waals surface area (Å²) in [5, 5.41) is 7.81. The molecular weight excluding hydrogens is 685 g/mol. The van der Waals surface area contributed by atoms with Gasteiger partial charge >= 0.3 is 0 Å². The number of nitrogens with zero attached hydrogens (tertiary/aromatic N) is 2. The molecule has 10 aromatic rings. The van der Waals surface area contributed by atoms with Crippen LogP contribution in [0.2, 0.25) is 0 Å². The number of allylic oxidation sites excluding steroid dienone is 2. The van der Waals surface area contributed by atoms with Gasteiger partial charge in [0.15, 0.2) is 0 Å². The van der Waals surface area contributed by atoms with E-state index in [0.29, 0.717) is 0 Å². The lowest BCUT2D eigenvalue weighted by molar-refractivity contribution is 0.760. The number of rotatable bonds is 3. The van der Waals surface area contributed by atoms with Crippen molar-refractivity contribution < 1.29 is 0 Å². The van der Waals surface area contributed by atoms with E-state index in [9.17, 15) is 0 Å². The van der Waals surface area contributed by atoms with Crippen LogP contribution in [0.3, 0.4) is 0 Å². The summed E-state index contributed by atoms with van der Waals surface area (Å²) in [5.41, 5.74) is 17.2. The van der Waals surface area contributed by atoms with Gasteiger partial charge in [-0.2, -0.15) is 0 Å². The Morgan fingerprint density at radius 3 is 2.18 bits per heavy atom. The maximum atomic E-state index is 5.55. The van der Waals surface area contributed by atoms with Gasteiger partial charge in [0.1, 0.15) is 5.00 Å². The second-order valence-electron chi connectivity index (χ2n) is 15.2. The Bertz CT molecular complexity index is 3200. The number of aryl methyl sites for hydroxylation is 1. The van der Waals surface area contributed by atoms with Crippen LogP contribution in [-0.2, 0) is 6.42 Å². The third-order valence-corrected chi connectivity index (χ3v) is 13.4. The van der Waals surface area contributed by atoms with Crippen LogP contribution in [0.1, 0.15) is 47.4 Å². The van der Waals surface area contributed by atoms with Crippen molar-refractivity contribution in [3.63, 3.8) is 0 Å². The molecule has 0 radical (unpaired) electrons. The zero-order valence-electron chi connectivity index (χ0n) is 30.3. The molecule has 0 saturated carbocycles. The summed E-state index contributed by atoms with van der Waals surface area (Å²) in [6.45, 7) is 0. The second kappa shape index (κ2) is 12.1. The summed E-state index contributed by atoms with van der Waals surface area (Å²) < 4.78 is 3.86. The van der Waals surface area contributed by atoms with E-state index >= 15 is 0 Å². The number of aromatic nitrogens is 1. The topological polar surface area (TPSA) is 16.8 Å². The van der Waals surface area contributed by atoms with Crippen molar-refractivity contribution in [3.05, 3.63) is 186 Å². The van der Waals surface area contributed by atoms with Crippen molar-refractivity contribution in [1.29, 1.82) is 0 Å². The third-order valence-electron chi connectivity index (χ3n) is 12.3. The van der Waals surface area contributed by atoms with Crippen LogP contribution in [0.15, 0.2) is 169 Å². The summed E-state index contributed by atoms with van der Waals surface area (Å²) in [6.07, 6.45) is 6.52. The fourth-order valence-electron chi connectivity index (χ4n) is 9.92. The highest BCUT2D eigenvalue weighted by atomic mass is 32.1. The zero-order valence-corrected chi connectivity index (χ0v) is 31.1. The number of fused-ring (bicyclic) bond motifs is 13. The Morgan fingerprint density at radius 1 is 0.564 bits per heavy atom. The van der Waals surface area contributed by atoms with E-state index in [1.54, 1.807) is 0 Å². The van der Waals surface area contributed by atoms with E-state index in [0.717, 1.165) is 30.7 Å². The van der Waals surface area contributed by atoms with Crippen LogP contribution in [0.4, 0.5) is 5.00 Å². The first kappa shape index (κ1) is 31.1. The van der Waals surface area contributed by atoms with Gasteiger partial charge in [-0.25, -0.2) is 4.99 Å². The summed E-state index contributed by atoms with van der Waals surface area (Å²) in [5.74, 6) is 0.197. The lowest BCUT2D eigenvalue weighted by Gasteiger charge is -2.25. The van der Waals surface area contributed by atoms with Crippen molar-refractivity contribution in [3.8, 4) is 22.3 Å². The van der Waals surface area contributed by atoms with Gasteiger partial charge in [0, 0.05) is 48.8 Å². The third kappa shape index (κ3) is 4.63. The van der Waals surface area contributed by atoms with Gasteiger partial charge in [0.2, 0.25) is 0 Å². The molecule has 1 atom stereocenters. The predicted octanol–water partition coefficient (Wildman–Crippen LogP) is 14.4. The fraction of sp³-hybridized carbons (Fsp3) is 0.0962. The molecule has 3 aromatic heterocycles. The molecule has 3 heteroatoms. The van der Waals surface area contributed by atoms with Gasteiger partial charge in [-0.1, -0.05) is 140 Å². The number of thiophene rings is 1. The molecule has 1 aliphatic carbocycles. The molecule has 1 aliphatic heterocycles. The second-order valence-corrected chi connectivity index (χ2v) is 16.2.